The summed E-state index contributed by atoms with van der Waals surface area (Å²) in [6.07, 6.45) is 5.34. The lowest BCUT2D eigenvalue weighted by atomic mass is 10.0. The Morgan fingerprint density at radius 1 is 1.52 bits per heavy atom. The van der Waals surface area contributed by atoms with Gasteiger partial charge in [-0.1, -0.05) is 0 Å². The molecule has 1 saturated heterocycles. The van der Waals surface area contributed by atoms with Gasteiger partial charge < -0.3 is 10.8 Å². The lowest BCUT2D eigenvalue weighted by molar-refractivity contribution is -0.662. The van der Waals surface area contributed by atoms with Crippen molar-refractivity contribution in [2.24, 2.45) is 5.73 Å². The van der Waals surface area contributed by atoms with E-state index in [4.69, 9.17) is 11.0 Å². The van der Waals surface area contributed by atoms with Crippen LogP contribution >= 0.6 is 11.8 Å². The molecule has 4 heterocycles. The molecule has 25 heavy (non-hydrogen) atoms. The predicted octanol–water partition coefficient (Wildman–Crippen LogP) is -0.320. The summed E-state index contributed by atoms with van der Waals surface area (Å²) in [5, 5.41) is 18.3. The van der Waals surface area contributed by atoms with Crippen LogP contribution in [0.1, 0.15) is 5.56 Å². The second-order valence-corrected chi connectivity index (χ2v) is 7.02. The summed E-state index contributed by atoms with van der Waals surface area (Å²) in [5.41, 5.74) is 7.83. The topological polar surface area (TPSA) is 116 Å². The van der Waals surface area contributed by atoms with Crippen molar-refractivity contribution in [3.8, 4) is 6.07 Å². The summed E-state index contributed by atoms with van der Waals surface area (Å²) in [6, 6.07) is 4.97. The van der Waals surface area contributed by atoms with Gasteiger partial charge >= 0.3 is 5.97 Å². The molecular weight excluding hydrogens is 342 g/mol. The monoisotopic (exact) mass is 356 g/mol. The van der Waals surface area contributed by atoms with Gasteiger partial charge in [-0.05, 0) is 6.07 Å². The van der Waals surface area contributed by atoms with E-state index in [0.717, 1.165) is 5.65 Å². The molecule has 0 spiro atoms. The number of nitriles is 1. The summed E-state index contributed by atoms with van der Waals surface area (Å²) in [6.45, 7) is 0.350. The molecule has 1 amide bonds. The number of imidazole rings is 1. The average molecular weight is 356 g/mol. The Morgan fingerprint density at radius 2 is 2.32 bits per heavy atom. The number of carbonyl (C=O) groups is 2. The molecule has 0 aromatic carbocycles. The minimum atomic E-state index is -1.11. The van der Waals surface area contributed by atoms with Gasteiger partial charge in [0, 0.05) is 17.4 Å². The molecule has 2 aliphatic rings. The molecule has 2 atom stereocenters. The maximum atomic E-state index is 12.0. The first-order valence-corrected chi connectivity index (χ1v) is 8.62. The van der Waals surface area contributed by atoms with E-state index in [1.807, 2.05) is 21.2 Å². The van der Waals surface area contributed by atoms with E-state index in [1.165, 1.54) is 16.7 Å². The molecule has 8 nitrogen and oxygen atoms in total. The molecule has 2 aromatic rings. The number of nitrogens with two attached hydrogens (primary N) is 1. The highest BCUT2D eigenvalue weighted by atomic mass is 32.2. The van der Waals surface area contributed by atoms with Gasteiger partial charge in [0.05, 0.1) is 5.56 Å². The van der Waals surface area contributed by atoms with Crippen molar-refractivity contribution in [2.75, 3.05) is 5.75 Å². The van der Waals surface area contributed by atoms with Crippen molar-refractivity contribution in [2.45, 2.75) is 18.0 Å². The molecule has 126 valence electrons. The maximum Gasteiger partial charge on any atom is 0.352 e. The molecule has 1 fully saturated rings. The smallest absolute Gasteiger partial charge is 0.352 e. The van der Waals surface area contributed by atoms with Crippen molar-refractivity contribution in [1.82, 2.24) is 9.30 Å². The van der Waals surface area contributed by atoms with Crippen LogP contribution in [0.3, 0.4) is 0 Å². The molecule has 0 saturated carbocycles. The van der Waals surface area contributed by atoms with Crippen LogP contribution in [0.15, 0.2) is 42.0 Å². The van der Waals surface area contributed by atoms with E-state index >= 15 is 0 Å². The standard InChI is InChI=1S/C16H13N5O3S/c17-5-9-1-2-11-19(6-9)3-4-20(11)7-10-8-25-15-12(18)14(22)21(15)13(10)16(23)24/h1-4,6,12,15H,7-8,18H2/p+1/t12-,15-/m1/s1. The highest BCUT2D eigenvalue weighted by Gasteiger charge is 2.51. The second-order valence-electron chi connectivity index (χ2n) is 5.91. The Morgan fingerprint density at radius 3 is 3.04 bits per heavy atom. The molecule has 3 N–H and O–H groups in total. The zero-order valence-electron chi connectivity index (χ0n) is 13.0. The summed E-state index contributed by atoms with van der Waals surface area (Å²) < 4.78 is 3.70. The summed E-state index contributed by atoms with van der Waals surface area (Å²) in [4.78, 5) is 25.0. The van der Waals surface area contributed by atoms with Crippen LogP contribution in [0.5, 0.6) is 0 Å². The van der Waals surface area contributed by atoms with Crippen LogP contribution < -0.4 is 10.3 Å². The number of thioether (sulfide) groups is 1. The molecule has 0 aliphatic carbocycles. The third-order valence-electron chi connectivity index (χ3n) is 4.44. The number of aromatic nitrogens is 2. The number of carboxylic acid groups (broad SMARTS) is 1. The second kappa shape index (κ2) is 5.61. The van der Waals surface area contributed by atoms with Crippen molar-refractivity contribution in [1.29, 1.82) is 5.26 Å². The van der Waals surface area contributed by atoms with Gasteiger partial charge in [0.15, 0.2) is 0 Å². The van der Waals surface area contributed by atoms with Crippen LogP contribution in [-0.4, -0.2) is 43.5 Å². The SMILES string of the molecule is N#Cc1ccc2n(cc[n+]2CC2=C(C(=O)O)N3C(=O)[C@@H](N)[C@H]3SC2)c1. The Hall–Kier alpha value is -2.83. The third kappa shape index (κ3) is 2.30. The molecule has 0 unspecified atom stereocenters. The molecular formula is C16H14N5O3S+. The van der Waals surface area contributed by atoms with Gasteiger partial charge in [-0.25, -0.2) is 13.8 Å². The predicted molar refractivity (Wildman–Crippen MR) is 88.0 cm³/mol. The number of fused-ring (bicyclic) bond motifs is 2. The van der Waals surface area contributed by atoms with Crippen LogP contribution in [0.4, 0.5) is 0 Å². The van der Waals surface area contributed by atoms with Crippen molar-refractivity contribution < 1.29 is 19.3 Å². The van der Waals surface area contributed by atoms with Gasteiger partial charge in [0.25, 0.3) is 5.65 Å². The molecule has 4 rings (SSSR count). The minimum Gasteiger partial charge on any atom is -0.477 e. The van der Waals surface area contributed by atoms with Gasteiger partial charge in [0.2, 0.25) is 5.91 Å². The first kappa shape index (κ1) is 15.7. The number of β-lactam (4-membered cyclic amide) rings is 1. The molecule has 0 radical (unpaired) electrons. The summed E-state index contributed by atoms with van der Waals surface area (Å²) in [7, 11) is 0. The zero-order chi connectivity index (χ0) is 17.7. The minimum absolute atomic E-state index is 0.0379. The quantitative estimate of drug-likeness (QED) is 0.575. The number of rotatable bonds is 3. The first-order chi connectivity index (χ1) is 12.0. The van der Waals surface area contributed by atoms with E-state index < -0.39 is 12.0 Å². The van der Waals surface area contributed by atoms with Crippen LogP contribution in [0, 0.1) is 11.3 Å². The lowest BCUT2D eigenvalue weighted by Crippen LogP contribution is -2.68. The summed E-state index contributed by atoms with van der Waals surface area (Å²) in [5.74, 6) is -0.960. The van der Waals surface area contributed by atoms with E-state index in [-0.39, 0.29) is 17.0 Å². The number of nitrogens with zero attached hydrogens (tertiary/aromatic N) is 4. The highest BCUT2D eigenvalue weighted by molar-refractivity contribution is 8.00. The molecule has 9 heteroatoms. The Kier molecular flexibility index (Phi) is 3.52. The van der Waals surface area contributed by atoms with E-state index in [9.17, 15) is 14.7 Å². The molecule has 2 aromatic heterocycles. The Balaban J connectivity index is 1.73. The normalized spacial score (nSPS) is 22.6. The number of pyridine rings is 1. The molecule has 2 aliphatic heterocycles. The number of carboxylic acids is 1. The van der Waals surface area contributed by atoms with Gasteiger partial charge in [-0.15, -0.1) is 11.8 Å². The number of amides is 1. The number of carbonyl (C=O) groups excluding carboxylic acids is 1. The van der Waals surface area contributed by atoms with Crippen LogP contribution in [0.2, 0.25) is 0 Å². The number of aliphatic carboxylic acids is 1. The lowest BCUT2D eigenvalue weighted by Gasteiger charge is -2.47. The van der Waals surface area contributed by atoms with Crippen molar-refractivity contribution in [3.05, 3.63) is 47.6 Å². The highest BCUT2D eigenvalue weighted by Crippen LogP contribution is 2.39. The third-order valence-corrected chi connectivity index (χ3v) is 5.80. The van der Waals surface area contributed by atoms with E-state index in [2.05, 4.69) is 6.07 Å². The fourth-order valence-electron chi connectivity index (χ4n) is 3.21. The Bertz CT molecular complexity index is 989. The van der Waals surface area contributed by atoms with Gasteiger partial charge in [0.1, 0.15) is 48.3 Å². The fraction of sp³-hybridized carbons (Fsp3) is 0.250. The largest absolute Gasteiger partial charge is 0.477 e. The molecule has 0 bridgehead atoms. The zero-order valence-corrected chi connectivity index (χ0v) is 13.8. The van der Waals surface area contributed by atoms with E-state index in [1.54, 1.807) is 18.5 Å². The average Bonchev–Trinajstić information content (AvgIpc) is 3.02. The summed E-state index contributed by atoms with van der Waals surface area (Å²) >= 11 is 1.48. The fourth-order valence-corrected chi connectivity index (χ4v) is 4.49. The maximum absolute atomic E-state index is 12.0. The van der Waals surface area contributed by atoms with E-state index in [0.29, 0.717) is 23.4 Å². The number of hydrogen-bond acceptors (Lipinski definition) is 5. The van der Waals surface area contributed by atoms with Crippen LogP contribution in [-0.2, 0) is 16.1 Å². The van der Waals surface area contributed by atoms with Crippen molar-refractivity contribution in [3.63, 3.8) is 0 Å². The first-order valence-electron chi connectivity index (χ1n) is 7.57. The van der Waals surface area contributed by atoms with Gasteiger partial charge in [-0.3, -0.25) is 9.69 Å². The van der Waals surface area contributed by atoms with Crippen LogP contribution in [0.25, 0.3) is 5.65 Å². The number of hydrogen-bond donors (Lipinski definition) is 2. The van der Waals surface area contributed by atoms with Gasteiger partial charge in [-0.2, -0.15) is 5.26 Å². The van der Waals surface area contributed by atoms with Crippen molar-refractivity contribution >= 4 is 29.3 Å². The Labute approximate surface area is 146 Å².